The van der Waals surface area contributed by atoms with Gasteiger partial charge in [0.05, 0.1) is 12.6 Å². The van der Waals surface area contributed by atoms with Gasteiger partial charge >= 0.3 is 0 Å². The Hall–Kier alpha value is -2.39. The number of likely N-dealkylation sites (tertiary alicyclic amines) is 1. The van der Waals surface area contributed by atoms with E-state index in [2.05, 4.69) is 54.6 Å². The van der Waals surface area contributed by atoms with Gasteiger partial charge in [-0.3, -0.25) is 14.5 Å². The molecule has 3 rings (SSSR count). The molecule has 0 radical (unpaired) electrons. The molecule has 6 heteroatoms. The zero-order chi connectivity index (χ0) is 21.3. The number of nitriles is 1. The summed E-state index contributed by atoms with van der Waals surface area (Å²) in [5, 5.41) is 11.8. The first-order chi connectivity index (χ1) is 13.6. The van der Waals surface area contributed by atoms with E-state index in [1.807, 2.05) is 6.07 Å². The van der Waals surface area contributed by atoms with Crippen LogP contribution in [0.4, 0.5) is 0 Å². The van der Waals surface area contributed by atoms with Crippen LogP contribution < -0.4 is 5.32 Å². The monoisotopic (exact) mass is 396 g/mol. The number of benzene rings is 1. The van der Waals surface area contributed by atoms with E-state index in [1.165, 1.54) is 5.56 Å². The van der Waals surface area contributed by atoms with Crippen molar-refractivity contribution in [2.24, 2.45) is 5.41 Å². The van der Waals surface area contributed by atoms with Crippen LogP contribution in [0.5, 0.6) is 0 Å². The molecule has 1 saturated carbocycles. The number of hydrogen-bond acceptors (Lipinski definition) is 4. The van der Waals surface area contributed by atoms with E-state index in [-0.39, 0.29) is 29.3 Å². The van der Waals surface area contributed by atoms with Gasteiger partial charge in [-0.2, -0.15) is 5.26 Å². The van der Waals surface area contributed by atoms with E-state index < -0.39 is 5.54 Å². The Bertz CT molecular complexity index is 802. The number of carbonyl (C=O) groups excluding carboxylic acids is 2. The minimum Gasteiger partial charge on any atom is -0.337 e. The lowest BCUT2D eigenvalue weighted by Crippen LogP contribution is -2.48. The number of hydrogen-bond donors (Lipinski definition) is 1. The Morgan fingerprint density at radius 3 is 2.38 bits per heavy atom. The number of nitrogens with zero attached hydrogens (tertiary/aromatic N) is 3. The van der Waals surface area contributed by atoms with E-state index in [9.17, 15) is 9.59 Å². The van der Waals surface area contributed by atoms with Crippen LogP contribution in [0.25, 0.3) is 0 Å². The van der Waals surface area contributed by atoms with Crippen LogP contribution in [0.1, 0.15) is 51.5 Å². The number of rotatable bonds is 5. The molecule has 2 aliphatic rings. The predicted molar refractivity (Wildman–Crippen MR) is 112 cm³/mol. The zero-order valence-corrected chi connectivity index (χ0v) is 18.0. The highest BCUT2D eigenvalue weighted by Crippen LogP contribution is 2.52. The Morgan fingerprint density at radius 1 is 1.21 bits per heavy atom. The molecular formula is C23H32N4O2. The molecule has 0 aromatic heterocycles. The van der Waals surface area contributed by atoms with E-state index in [4.69, 9.17) is 5.26 Å². The fourth-order valence-corrected chi connectivity index (χ4v) is 4.99. The third-order valence-electron chi connectivity index (χ3n) is 6.78. The third kappa shape index (κ3) is 4.30. The molecule has 29 heavy (non-hydrogen) atoms. The first kappa shape index (κ1) is 21.3. The zero-order valence-electron chi connectivity index (χ0n) is 18.0. The van der Waals surface area contributed by atoms with E-state index in [0.29, 0.717) is 13.0 Å². The van der Waals surface area contributed by atoms with Crippen LogP contribution in [-0.2, 0) is 15.1 Å². The lowest BCUT2D eigenvalue weighted by molar-refractivity contribution is -0.133. The molecule has 0 atom stereocenters. The summed E-state index contributed by atoms with van der Waals surface area (Å²) in [4.78, 5) is 29.0. The number of amides is 2. The van der Waals surface area contributed by atoms with Gasteiger partial charge in [0, 0.05) is 18.5 Å². The minimum atomic E-state index is -0.927. The van der Waals surface area contributed by atoms with Crippen molar-refractivity contribution in [3.63, 3.8) is 0 Å². The number of carbonyl (C=O) groups is 2. The average molecular weight is 397 g/mol. The van der Waals surface area contributed by atoms with Crippen LogP contribution in [-0.4, -0.2) is 54.3 Å². The Kier molecular flexibility index (Phi) is 5.73. The van der Waals surface area contributed by atoms with Crippen molar-refractivity contribution < 1.29 is 9.59 Å². The Balaban J connectivity index is 1.67. The molecule has 156 valence electrons. The first-order valence-electron chi connectivity index (χ1n) is 10.3. The maximum atomic E-state index is 12.7. The van der Waals surface area contributed by atoms with Gasteiger partial charge in [-0.1, -0.05) is 30.3 Å². The van der Waals surface area contributed by atoms with Gasteiger partial charge in [0.2, 0.25) is 11.8 Å². The molecule has 2 fully saturated rings. The second-order valence-corrected chi connectivity index (χ2v) is 9.50. The van der Waals surface area contributed by atoms with Crippen LogP contribution in [0, 0.1) is 16.7 Å². The van der Waals surface area contributed by atoms with Gasteiger partial charge in [-0.05, 0) is 64.6 Å². The molecule has 1 aromatic carbocycles. The van der Waals surface area contributed by atoms with Gasteiger partial charge in [-0.25, -0.2) is 0 Å². The quantitative estimate of drug-likeness (QED) is 0.830. The third-order valence-corrected chi connectivity index (χ3v) is 6.78. The molecular weight excluding hydrogens is 364 g/mol. The van der Waals surface area contributed by atoms with Crippen molar-refractivity contribution in [3.8, 4) is 6.07 Å². The number of nitrogens with one attached hydrogen (secondary N) is 1. The molecule has 1 saturated heterocycles. The first-order valence-corrected chi connectivity index (χ1v) is 10.3. The second-order valence-electron chi connectivity index (χ2n) is 9.50. The lowest BCUT2D eigenvalue weighted by Gasteiger charge is -2.48. The minimum absolute atomic E-state index is 0.00281. The predicted octanol–water partition coefficient (Wildman–Crippen LogP) is 2.65. The van der Waals surface area contributed by atoms with Crippen molar-refractivity contribution in [2.45, 2.75) is 57.0 Å². The summed E-state index contributed by atoms with van der Waals surface area (Å²) in [6.45, 7) is 3.97. The Labute approximate surface area is 173 Å². The fourth-order valence-electron chi connectivity index (χ4n) is 4.99. The summed E-state index contributed by atoms with van der Waals surface area (Å²) < 4.78 is 0. The van der Waals surface area contributed by atoms with Crippen molar-refractivity contribution in [1.29, 1.82) is 5.26 Å². The maximum Gasteiger partial charge on any atom is 0.240 e. The van der Waals surface area contributed by atoms with Gasteiger partial charge in [0.25, 0.3) is 0 Å². The molecule has 1 heterocycles. The van der Waals surface area contributed by atoms with Gasteiger partial charge in [0.15, 0.2) is 0 Å². The van der Waals surface area contributed by atoms with Crippen molar-refractivity contribution in [3.05, 3.63) is 35.9 Å². The van der Waals surface area contributed by atoms with Gasteiger partial charge < -0.3 is 10.2 Å². The molecule has 2 amide bonds. The van der Waals surface area contributed by atoms with E-state index in [1.54, 1.807) is 18.7 Å². The summed E-state index contributed by atoms with van der Waals surface area (Å²) in [6, 6.07) is 12.7. The topological polar surface area (TPSA) is 76.4 Å². The fraction of sp³-hybridized carbons (Fsp3) is 0.609. The van der Waals surface area contributed by atoms with E-state index in [0.717, 1.165) is 25.7 Å². The van der Waals surface area contributed by atoms with Gasteiger partial charge in [0.1, 0.15) is 5.54 Å². The highest BCUT2D eigenvalue weighted by molar-refractivity contribution is 5.87. The average Bonchev–Trinajstić information content (AvgIpc) is 2.97. The normalized spacial score (nSPS) is 27.3. The summed E-state index contributed by atoms with van der Waals surface area (Å²) >= 11 is 0. The highest BCUT2D eigenvalue weighted by atomic mass is 16.2. The molecule has 0 bridgehead atoms. The largest absolute Gasteiger partial charge is 0.337 e. The van der Waals surface area contributed by atoms with Crippen LogP contribution >= 0.6 is 0 Å². The highest BCUT2D eigenvalue weighted by Gasteiger charge is 2.50. The van der Waals surface area contributed by atoms with Crippen molar-refractivity contribution in [1.82, 2.24) is 15.1 Å². The summed E-state index contributed by atoms with van der Waals surface area (Å²) in [5.74, 6) is -0.225. The SMILES string of the molecule is CN(C)[C@]1(c2ccccc2)CC[C@]2(CC1)CC(=O)N(CC(=O)NC(C)(C)C#N)C2. The molecule has 1 aliphatic carbocycles. The summed E-state index contributed by atoms with van der Waals surface area (Å²) in [7, 11) is 4.27. The van der Waals surface area contributed by atoms with Crippen molar-refractivity contribution >= 4 is 11.8 Å². The van der Waals surface area contributed by atoms with Crippen LogP contribution in [0.15, 0.2) is 30.3 Å². The Morgan fingerprint density at radius 2 is 1.83 bits per heavy atom. The smallest absolute Gasteiger partial charge is 0.240 e. The van der Waals surface area contributed by atoms with Gasteiger partial charge in [-0.15, -0.1) is 0 Å². The van der Waals surface area contributed by atoms with E-state index >= 15 is 0 Å². The van der Waals surface area contributed by atoms with Crippen LogP contribution in [0.3, 0.4) is 0 Å². The lowest BCUT2D eigenvalue weighted by atomic mass is 9.64. The molecule has 1 N–H and O–H groups in total. The summed E-state index contributed by atoms with van der Waals surface area (Å²) in [6.07, 6.45) is 4.44. The van der Waals surface area contributed by atoms with Crippen molar-refractivity contribution in [2.75, 3.05) is 27.2 Å². The molecule has 6 nitrogen and oxygen atoms in total. The standard InChI is InChI=1S/C23H32N4O2/c1-21(2,16-24)25-19(28)15-27-17-22(14-20(27)29)10-12-23(13-11-22,26(3)4)18-8-6-5-7-9-18/h5-9H,10-15,17H2,1-4H3,(H,25,28)/t22-,23+. The molecule has 1 aliphatic heterocycles. The van der Waals surface area contributed by atoms with Crippen LogP contribution in [0.2, 0.25) is 0 Å². The molecule has 0 unspecified atom stereocenters. The molecule has 1 spiro atoms. The second kappa shape index (κ2) is 7.79. The maximum absolute atomic E-state index is 12.7. The summed E-state index contributed by atoms with van der Waals surface area (Å²) in [5.41, 5.74) is 0.357. The molecule has 1 aromatic rings.